The number of hydrogen-bond acceptors (Lipinski definition) is 7. The van der Waals surface area contributed by atoms with E-state index in [4.69, 9.17) is 4.74 Å². The van der Waals surface area contributed by atoms with Gasteiger partial charge in [-0.05, 0) is 48.5 Å². The third-order valence-corrected chi connectivity index (χ3v) is 4.62. The first-order valence-corrected chi connectivity index (χ1v) is 8.72. The van der Waals surface area contributed by atoms with Crippen molar-refractivity contribution in [2.24, 2.45) is 10.3 Å². The maximum atomic E-state index is 13.0. The minimum absolute atomic E-state index is 0.280. The number of imide groups is 1. The molecule has 148 valence electrons. The lowest BCUT2D eigenvalue weighted by atomic mass is 10.1. The third kappa shape index (κ3) is 3.40. The van der Waals surface area contributed by atoms with Crippen LogP contribution >= 0.6 is 0 Å². The topological polar surface area (TPSA) is 104 Å². The molecule has 29 heavy (non-hydrogen) atoms. The number of anilines is 2. The predicted molar refractivity (Wildman–Crippen MR) is 99.7 cm³/mol. The van der Waals surface area contributed by atoms with Crippen LogP contribution in [0.1, 0.15) is 0 Å². The van der Waals surface area contributed by atoms with E-state index in [1.54, 1.807) is 24.3 Å². The standard InChI is InChI=1S/C19H16FN5O4/c1-29-14-8-6-13(7-9-14)25-18(27)16-17(19(25)28)24(23-22-16)10-15(26)21-12-4-2-11(20)3-5-12/h2-9,16-17H,10H2,1H3,(H,21,26)/t16-,17+/m1/s1. The van der Waals surface area contributed by atoms with Crippen molar-refractivity contribution in [1.82, 2.24) is 5.01 Å². The van der Waals surface area contributed by atoms with Gasteiger partial charge in [-0.25, -0.2) is 9.29 Å². The minimum atomic E-state index is -0.997. The molecule has 1 fully saturated rings. The minimum Gasteiger partial charge on any atom is -0.497 e. The molecule has 2 aromatic carbocycles. The van der Waals surface area contributed by atoms with Gasteiger partial charge in [0, 0.05) is 5.69 Å². The molecule has 2 aliphatic rings. The first-order valence-electron chi connectivity index (χ1n) is 8.72. The normalized spacial score (nSPS) is 20.2. The van der Waals surface area contributed by atoms with E-state index in [2.05, 4.69) is 15.7 Å². The molecule has 3 amide bonds. The number of nitrogens with one attached hydrogen (secondary N) is 1. The molecule has 0 spiro atoms. The van der Waals surface area contributed by atoms with Gasteiger partial charge in [0.05, 0.1) is 12.8 Å². The largest absolute Gasteiger partial charge is 0.497 e. The Balaban J connectivity index is 1.47. The molecule has 2 aliphatic heterocycles. The summed E-state index contributed by atoms with van der Waals surface area (Å²) in [4.78, 5) is 38.9. The number of methoxy groups -OCH3 is 1. The van der Waals surface area contributed by atoms with Gasteiger partial charge in [0.25, 0.3) is 11.8 Å². The number of hydrogen-bond donors (Lipinski definition) is 1. The van der Waals surface area contributed by atoms with Gasteiger partial charge in [-0.2, -0.15) is 5.11 Å². The zero-order valence-electron chi connectivity index (χ0n) is 15.3. The highest BCUT2D eigenvalue weighted by Gasteiger charge is 2.55. The molecule has 0 unspecified atom stereocenters. The number of carbonyl (C=O) groups excluding carboxylic acids is 3. The van der Waals surface area contributed by atoms with Gasteiger partial charge in [-0.1, -0.05) is 5.22 Å². The zero-order chi connectivity index (χ0) is 20.5. The van der Waals surface area contributed by atoms with E-state index >= 15 is 0 Å². The van der Waals surface area contributed by atoms with Crippen LogP contribution in [-0.2, 0) is 14.4 Å². The summed E-state index contributed by atoms with van der Waals surface area (Å²) in [5.74, 6) is -1.32. The first kappa shape index (κ1) is 18.5. The molecule has 10 heteroatoms. The van der Waals surface area contributed by atoms with Crippen molar-refractivity contribution < 1.29 is 23.5 Å². The second kappa shape index (κ2) is 7.30. The number of rotatable bonds is 5. The van der Waals surface area contributed by atoms with Gasteiger partial charge in [0.2, 0.25) is 5.91 Å². The Kier molecular flexibility index (Phi) is 4.67. The van der Waals surface area contributed by atoms with Gasteiger partial charge in [0.1, 0.15) is 18.1 Å². The lowest BCUT2D eigenvalue weighted by Gasteiger charge is -2.20. The quantitative estimate of drug-likeness (QED) is 0.775. The molecule has 1 N–H and O–H groups in total. The Morgan fingerprint density at radius 2 is 1.79 bits per heavy atom. The molecular weight excluding hydrogens is 381 g/mol. The Morgan fingerprint density at radius 1 is 1.10 bits per heavy atom. The van der Waals surface area contributed by atoms with Crippen LogP contribution in [0.5, 0.6) is 5.75 Å². The van der Waals surface area contributed by atoms with Gasteiger partial charge >= 0.3 is 0 Å². The maximum Gasteiger partial charge on any atom is 0.263 e. The van der Waals surface area contributed by atoms with E-state index in [0.717, 1.165) is 4.90 Å². The fourth-order valence-electron chi connectivity index (χ4n) is 3.22. The molecule has 0 aliphatic carbocycles. The molecule has 2 aromatic rings. The van der Waals surface area contributed by atoms with Crippen molar-refractivity contribution in [3.8, 4) is 5.75 Å². The van der Waals surface area contributed by atoms with E-state index in [1.807, 2.05) is 0 Å². The van der Waals surface area contributed by atoms with E-state index in [9.17, 15) is 18.8 Å². The number of benzene rings is 2. The number of nitrogens with zero attached hydrogens (tertiary/aromatic N) is 4. The van der Waals surface area contributed by atoms with Crippen molar-refractivity contribution in [2.45, 2.75) is 12.1 Å². The summed E-state index contributed by atoms with van der Waals surface area (Å²) in [7, 11) is 1.51. The van der Waals surface area contributed by atoms with Crippen LogP contribution in [0.4, 0.5) is 15.8 Å². The van der Waals surface area contributed by atoms with Gasteiger partial charge in [-0.3, -0.25) is 19.4 Å². The molecule has 1 saturated heterocycles. The van der Waals surface area contributed by atoms with Crippen LogP contribution in [0, 0.1) is 5.82 Å². The van der Waals surface area contributed by atoms with Gasteiger partial charge in [-0.15, -0.1) is 0 Å². The Hall–Kier alpha value is -3.82. The SMILES string of the molecule is COc1ccc(N2C(=O)[C@@H]3[C@@H](N=NN3CC(=O)Nc3ccc(F)cc3)C2=O)cc1. The second-order valence-electron chi connectivity index (χ2n) is 6.46. The van der Waals surface area contributed by atoms with Gasteiger partial charge in [0.15, 0.2) is 12.1 Å². The highest BCUT2D eigenvalue weighted by Crippen LogP contribution is 2.32. The number of carbonyl (C=O) groups is 3. The summed E-state index contributed by atoms with van der Waals surface area (Å²) in [5.41, 5.74) is 0.791. The van der Waals surface area contributed by atoms with Crippen molar-refractivity contribution >= 4 is 29.1 Å². The highest BCUT2D eigenvalue weighted by molar-refractivity contribution is 6.25. The molecule has 2 heterocycles. The van der Waals surface area contributed by atoms with E-state index in [0.29, 0.717) is 17.1 Å². The van der Waals surface area contributed by atoms with E-state index < -0.39 is 35.6 Å². The van der Waals surface area contributed by atoms with Gasteiger partial charge < -0.3 is 10.1 Å². The molecule has 9 nitrogen and oxygen atoms in total. The molecule has 4 rings (SSSR count). The Labute approximate surface area is 164 Å². The number of fused-ring (bicyclic) bond motifs is 1. The van der Waals surface area contributed by atoms with E-state index in [-0.39, 0.29) is 6.54 Å². The molecule has 0 aromatic heterocycles. The average Bonchev–Trinajstić information content (AvgIpc) is 3.23. The molecule has 0 saturated carbocycles. The maximum absolute atomic E-state index is 13.0. The summed E-state index contributed by atoms with van der Waals surface area (Å²) in [6.45, 7) is -0.280. The van der Waals surface area contributed by atoms with Crippen LogP contribution < -0.4 is 15.0 Å². The van der Waals surface area contributed by atoms with Crippen molar-refractivity contribution in [3.05, 3.63) is 54.3 Å². The van der Waals surface area contributed by atoms with Crippen molar-refractivity contribution in [3.63, 3.8) is 0 Å². The fourth-order valence-corrected chi connectivity index (χ4v) is 3.22. The fraction of sp³-hybridized carbons (Fsp3) is 0.211. The van der Waals surface area contributed by atoms with Crippen LogP contribution in [0.3, 0.4) is 0 Å². The molecule has 0 radical (unpaired) electrons. The van der Waals surface area contributed by atoms with Crippen LogP contribution in [0.2, 0.25) is 0 Å². The lowest BCUT2D eigenvalue weighted by molar-refractivity contribution is -0.123. The average molecular weight is 397 g/mol. The zero-order valence-corrected chi connectivity index (χ0v) is 15.3. The second-order valence-corrected chi connectivity index (χ2v) is 6.46. The van der Waals surface area contributed by atoms with Crippen molar-refractivity contribution in [2.75, 3.05) is 23.9 Å². The Bertz CT molecular complexity index is 993. The monoisotopic (exact) mass is 397 g/mol. The summed E-state index contributed by atoms with van der Waals surface area (Å²) in [6, 6.07) is 9.75. The van der Waals surface area contributed by atoms with Crippen molar-refractivity contribution in [1.29, 1.82) is 0 Å². The van der Waals surface area contributed by atoms with Crippen LogP contribution in [0.15, 0.2) is 58.9 Å². The molecule has 0 bridgehead atoms. The van der Waals surface area contributed by atoms with Crippen LogP contribution in [-0.4, -0.2) is 48.5 Å². The summed E-state index contributed by atoms with van der Waals surface area (Å²) >= 11 is 0. The lowest BCUT2D eigenvalue weighted by Crippen LogP contribution is -2.43. The number of amides is 3. The molecule has 2 atom stereocenters. The Morgan fingerprint density at radius 3 is 2.45 bits per heavy atom. The first-order chi connectivity index (χ1) is 14.0. The number of ether oxygens (including phenoxy) is 1. The van der Waals surface area contributed by atoms with Crippen LogP contribution in [0.25, 0.3) is 0 Å². The summed E-state index contributed by atoms with van der Waals surface area (Å²) in [5, 5.41) is 11.5. The smallest absolute Gasteiger partial charge is 0.263 e. The van der Waals surface area contributed by atoms with E-state index in [1.165, 1.54) is 36.4 Å². The predicted octanol–water partition coefficient (Wildman–Crippen LogP) is 1.77. The molecular formula is C19H16FN5O4. The number of halogens is 1. The summed E-state index contributed by atoms with van der Waals surface area (Å²) in [6.07, 6.45) is 0. The highest BCUT2D eigenvalue weighted by atomic mass is 19.1. The third-order valence-electron chi connectivity index (χ3n) is 4.62. The summed E-state index contributed by atoms with van der Waals surface area (Å²) < 4.78 is 18.0.